The summed E-state index contributed by atoms with van der Waals surface area (Å²) in [5.41, 5.74) is 3.11. The van der Waals surface area contributed by atoms with E-state index in [0.29, 0.717) is 35.0 Å². The highest BCUT2D eigenvalue weighted by atomic mass is 35.5. The number of hydrogen-bond acceptors (Lipinski definition) is 3. The van der Waals surface area contributed by atoms with Gasteiger partial charge in [0.05, 0.1) is 17.9 Å². The molecule has 0 unspecified atom stereocenters. The number of rotatable bonds is 4. The number of amides is 1. The Hall–Kier alpha value is -3.05. The standard InChI is InChI=1S/C25H25ClN2O3/c1-4-13-31-24(30)19-14-28(23(29)16-9-11-17(26)12-10-16)15-25(2,3)21-18-7-5-6-8-20(18)27-22(19)21/h5-12,14,27H,4,13,15H2,1-3H3. The number of fused-ring (bicyclic) bond motifs is 3. The molecular formula is C25H25ClN2O3. The molecule has 6 heteroatoms. The van der Waals surface area contributed by atoms with Crippen LogP contribution in [0.1, 0.15) is 48.8 Å². The number of halogens is 1. The van der Waals surface area contributed by atoms with Crippen molar-refractivity contribution < 1.29 is 14.3 Å². The minimum Gasteiger partial charge on any atom is -0.462 e. The zero-order valence-corrected chi connectivity index (χ0v) is 18.6. The normalized spacial score (nSPS) is 15.2. The average molecular weight is 437 g/mol. The zero-order valence-electron chi connectivity index (χ0n) is 17.9. The molecule has 0 saturated carbocycles. The van der Waals surface area contributed by atoms with Gasteiger partial charge in [-0.15, -0.1) is 0 Å². The van der Waals surface area contributed by atoms with Crippen LogP contribution in [0.4, 0.5) is 0 Å². The first-order valence-electron chi connectivity index (χ1n) is 10.4. The van der Waals surface area contributed by atoms with Gasteiger partial charge in [0.1, 0.15) is 0 Å². The molecule has 1 amide bonds. The number of ether oxygens (including phenoxy) is 1. The fourth-order valence-corrected chi connectivity index (χ4v) is 4.26. The second-order valence-corrected chi connectivity index (χ2v) is 8.86. The van der Waals surface area contributed by atoms with Crippen LogP contribution in [0.2, 0.25) is 5.02 Å². The van der Waals surface area contributed by atoms with Gasteiger partial charge < -0.3 is 14.6 Å². The van der Waals surface area contributed by atoms with Crippen molar-refractivity contribution in [2.24, 2.45) is 0 Å². The number of benzene rings is 2. The highest BCUT2D eigenvalue weighted by molar-refractivity contribution is 6.30. The van der Waals surface area contributed by atoms with Crippen LogP contribution in [0.5, 0.6) is 0 Å². The summed E-state index contributed by atoms with van der Waals surface area (Å²) in [6, 6.07) is 14.7. The average Bonchev–Trinajstić information content (AvgIpc) is 3.10. The Kier molecular flexibility index (Phi) is 5.63. The Balaban J connectivity index is 1.87. The summed E-state index contributed by atoms with van der Waals surface area (Å²) in [6.07, 6.45) is 2.34. The van der Waals surface area contributed by atoms with Crippen molar-refractivity contribution >= 4 is 40.0 Å². The molecule has 3 aromatic rings. The van der Waals surface area contributed by atoms with E-state index >= 15 is 0 Å². The Bertz CT molecular complexity index is 1180. The van der Waals surface area contributed by atoms with Crippen molar-refractivity contribution in [2.75, 3.05) is 13.2 Å². The van der Waals surface area contributed by atoms with E-state index in [4.69, 9.17) is 16.3 Å². The predicted molar refractivity (Wildman–Crippen MR) is 123 cm³/mol. The predicted octanol–water partition coefficient (Wildman–Crippen LogP) is 5.55. The van der Waals surface area contributed by atoms with Gasteiger partial charge in [-0.3, -0.25) is 4.79 Å². The van der Waals surface area contributed by atoms with Crippen LogP contribution in [-0.4, -0.2) is 34.9 Å². The summed E-state index contributed by atoms with van der Waals surface area (Å²) in [5.74, 6) is -0.638. The van der Waals surface area contributed by atoms with Gasteiger partial charge in [-0.2, -0.15) is 0 Å². The Morgan fingerprint density at radius 1 is 1.13 bits per heavy atom. The second kappa shape index (κ2) is 8.23. The van der Waals surface area contributed by atoms with E-state index in [9.17, 15) is 9.59 Å². The lowest BCUT2D eigenvalue weighted by Gasteiger charge is -2.29. The number of nitrogens with one attached hydrogen (secondary N) is 1. The number of nitrogens with zero attached hydrogens (tertiary/aromatic N) is 1. The van der Waals surface area contributed by atoms with Crippen molar-refractivity contribution in [3.63, 3.8) is 0 Å². The van der Waals surface area contributed by atoms with E-state index in [-0.39, 0.29) is 5.91 Å². The van der Waals surface area contributed by atoms with Gasteiger partial charge in [0.15, 0.2) is 0 Å². The second-order valence-electron chi connectivity index (χ2n) is 8.42. The molecule has 0 aliphatic carbocycles. The first-order valence-corrected chi connectivity index (χ1v) is 10.8. The van der Waals surface area contributed by atoms with Gasteiger partial charge in [-0.05, 0) is 42.3 Å². The van der Waals surface area contributed by atoms with Gasteiger partial charge in [-0.1, -0.05) is 50.6 Å². The molecule has 2 aromatic carbocycles. The number of carbonyl (C=O) groups is 2. The lowest BCUT2D eigenvalue weighted by atomic mass is 9.81. The van der Waals surface area contributed by atoms with Crippen LogP contribution in [0.15, 0.2) is 54.7 Å². The number of H-pyrrole nitrogens is 1. The van der Waals surface area contributed by atoms with Crippen LogP contribution in [0.25, 0.3) is 16.5 Å². The highest BCUT2D eigenvalue weighted by Crippen LogP contribution is 2.40. The van der Waals surface area contributed by atoms with Crippen LogP contribution in [0, 0.1) is 0 Å². The number of aromatic nitrogens is 1. The molecule has 5 nitrogen and oxygen atoms in total. The first kappa shape index (κ1) is 21.2. The summed E-state index contributed by atoms with van der Waals surface area (Å²) < 4.78 is 5.47. The molecular weight excluding hydrogens is 412 g/mol. The largest absolute Gasteiger partial charge is 0.462 e. The Labute approximate surface area is 186 Å². The molecule has 1 aliphatic heterocycles. The maximum absolute atomic E-state index is 13.3. The summed E-state index contributed by atoms with van der Waals surface area (Å²) >= 11 is 5.99. The molecule has 0 fully saturated rings. The van der Waals surface area contributed by atoms with Crippen LogP contribution in [-0.2, 0) is 14.9 Å². The zero-order chi connectivity index (χ0) is 22.2. The topological polar surface area (TPSA) is 62.4 Å². The lowest BCUT2D eigenvalue weighted by molar-refractivity contribution is -0.136. The molecule has 1 N–H and O–H groups in total. The monoisotopic (exact) mass is 436 g/mol. The molecule has 31 heavy (non-hydrogen) atoms. The van der Waals surface area contributed by atoms with E-state index in [0.717, 1.165) is 22.9 Å². The molecule has 0 radical (unpaired) electrons. The van der Waals surface area contributed by atoms with E-state index in [2.05, 4.69) is 18.8 Å². The van der Waals surface area contributed by atoms with E-state index in [1.165, 1.54) is 0 Å². The van der Waals surface area contributed by atoms with E-state index in [1.807, 2.05) is 31.2 Å². The van der Waals surface area contributed by atoms with Crippen molar-refractivity contribution in [3.05, 3.63) is 76.6 Å². The number of aromatic amines is 1. The molecule has 0 atom stereocenters. The summed E-state index contributed by atoms with van der Waals surface area (Å²) in [6.45, 7) is 6.85. The van der Waals surface area contributed by atoms with E-state index < -0.39 is 11.4 Å². The fourth-order valence-electron chi connectivity index (χ4n) is 4.13. The summed E-state index contributed by atoms with van der Waals surface area (Å²) in [4.78, 5) is 31.4. The van der Waals surface area contributed by atoms with E-state index in [1.54, 1.807) is 35.4 Å². The molecule has 160 valence electrons. The maximum Gasteiger partial charge on any atom is 0.341 e. The number of esters is 1. The Morgan fingerprint density at radius 2 is 1.84 bits per heavy atom. The number of para-hydroxylation sites is 1. The molecule has 0 saturated heterocycles. The molecule has 0 bridgehead atoms. The number of carbonyl (C=O) groups excluding carboxylic acids is 2. The quantitative estimate of drug-likeness (QED) is 0.545. The van der Waals surface area contributed by atoms with Crippen molar-refractivity contribution in [1.82, 2.24) is 9.88 Å². The van der Waals surface area contributed by atoms with Crippen LogP contribution < -0.4 is 0 Å². The minimum absolute atomic E-state index is 0.194. The van der Waals surface area contributed by atoms with Gasteiger partial charge in [0.2, 0.25) is 0 Å². The third-order valence-corrected chi connectivity index (χ3v) is 5.76. The van der Waals surface area contributed by atoms with Crippen LogP contribution >= 0.6 is 11.6 Å². The van der Waals surface area contributed by atoms with Gasteiger partial charge in [0.25, 0.3) is 5.91 Å². The van der Waals surface area contributed by atoms with Gasteiger partial charge in [-0.25, -0.2) is 4.79 Å². The minimum atomic E-state index is -0.443. The molecule has 4 rings (SSSR count). The Morgan fingerprint density at radius 3 is 2.55 bits per heavy atom. The molecule has 2 heterocycles. The lowest BCUT2D eigenvalue weighted by Crippen LogP contribution is -2.36. The fraction of sp³-hybridized carbons (Fsp3) is 0.280. The molecule has 0 spiro atoms. The number of hydrogen-bond donors (Lipinski definition) is 1. The van der Waals surface area contributed by atoms with Gasteiger partial charge >= 0.3 is 5.97 Å². The highest BCUT2D eigenvalue weighted by Gasteiger charge is 2.37. The first-order chi connectivity index (χ1) is 14.8. The van der Waals surface area contributed by atoms with Crippen LogP contribution in [0.3, 0.4) is 0 Å². The summed E-state index contributed by atoms with van der Waals surface area (Å²) in [5, 5.41) is 1.60. The summed E-state index contributed by atoms with van der Waals surface area (Å²) in [7, 11) is 0. The SMILES string of the molecule is CCCOC(=O)C1=CN(C(=O)c2ccc(Cl)cc2)CC(C)(C)c2c1[nH]c1ccccc21. The maximum atomic E-state index is 13.3. The smallest absolute Gasteiger partial charge is 0.341 e. The van der Waals surface area contributed by atoms with Crippen molar-refractivity contribution in [2.45, 2.75) is 32.6 Å². The van der Waals surface area contributed by atoms with Gasteiger partial charge in [0, 0.05) is 39.6 Å². The molecule has 1 aromatic heterocycles. The third kappa shape index (κ3) is 3.98. The molecule has 1 aliphatic rings. The third-order valence-electron chi connectivity index (χ3n) is 5.51. The van der Waals surface area contributed by atoms with Crippen molar-refractivity contribution in [3.8, 4) is 0 Å². The van der Waals surface area contributed by atoms with Crippen molar-refractivity contribution in [1.29, 1.82) is 0 Å².